The molecule has 0 fully saturated rings. The Morgan fingerprint density at radius 1 is 1.25 bits per heavy atom. The summed E-state index contributed by atoms with van der Waals surface area (Å²) in [5.74, 6) is 0. The fourth-order valence-corrected chi connectivity index (χ4v) is 2.41. The molecular weight excluding hydrogens is 270 g/mol. The molecule has 0 unspecified atom stereocenters. The van der Waals surface area contributed by atoms with E-state index in [9.17, 15) is 0 Å². The van der Waals surface area contributed by atoms with E-state index in [-0.39, 0.29) is 0 Å². The monoisotopic (exact) mass is 289 g/mol. The smallest absolute Gasteiger partial charge is 0.0642 e. The summed E-state index contributed by atoms with van der Waals surface area (Å²) in [7, 11) is 2.03. The van der Waals surface area contributed by atoms with Crippen LogP contribution in [0.5, 0.6) is 0 Å². The number of nitrogens with one attached hydrogen (secondary N) is 1. The Morgan fingerprint density at radius 3 is 2.75 bits per heavy atom. The lowest BCUT2D eigenvalue weighted by atomic mass is 10.2. The number of halogens is 1. The van der Waals surface area contributed by atoms with Crippen LogP contribution in [0.3, 0.4) is 0 Å². The molecule has 0 aliphatic carbocycles. The van der Waals surface area contributed by atoms with E-state index in [2.05, 4.69) is 34.3 Å². The molecule has 0 saturated heterocycles. The van der Waals surface area contributed by atoms with Gasteiger partial charge in [0, 0.05) is 19.8 Å². The number of aromatic nitrogens is 1. The van der Waals surface area contributed by atoms with Gasteiger partial charge in [-0.15, -0.1) is 0 Å². The third-order valence-corrected chi connectivity index (χ3v) is 3.43. The Hall–Kier alpha value is -1.58. The fourth-order valence-electron chi connectivity index (χ4n) is 2.06. The molecular formula is C16H20ClN3. The van der Waals surface area contributed by atoms with Crippen molar-refractivity contribution in [1.29, 1.82) is 0 Å². The number of pyridine rings is 1. The molecule has 20 heavy (non-hydrogen) atoms. The van der Waals surface area contributed by atoms with Crippen LogP contribution in [0.1, 0.15) is 18.2 Å². The van der Waals surface area contributed by atoms with Crippen molar-refractivity contribution >= 4 is 17.3 Å². The van der Waals surface area contributed by atoms with Crippen molar-refractivity contribution in [2.45, 2.75) is 20.0 Å². The van der Waals surface area contributed by atoms with E-state index >= 15 is 0 Å². The second-order valence-electron chi connectivity index (χ2n) is 4.74. The van der Waals surface area contributed by atoms with Crippen molar-refractivity contribution < 1.29 is 0 Å². The highest BCUT2D eigenvalue weighted by Crippen LogP contribution is 2.27. The first-order valence-corrected chi connectivity index (χ1v) is 7.18. The Labute approximate surface area is 125 Å². The summed E-state index contributed by atoms with van der Waals surface area (Å²) in [4.78, 5) is 6.45. The summed E-state index contributed by atoms with van der Waals surface area (Å²) in [6.45, 7) is 4.64. The molecule has 1 heterocycles. The Morgan fingerprint density at radius 2 is 2.10 bits per heavy atom. The average molecular weight is 290 g/mol. The lowest BCUT2D eigenvalue weighted by molar-refractivity contribution is 0.726. The van der Waals surface area contributed by atoms with E-state index < -0.39 is 0 Å². The molecule has 0 aliphatic heterocycles. The van der Waals surface area contributed by atoms with Crippen LogP contribution < -0.4 is 10.2 Å². The number of nitrogens with zero attached hydrogens (tertiary/aromatic N) is 2. The lowest BCUT2D eigenvalue weighted by Crippen LogP contribution is -2.18. The van der Waals surface area contributed by atoms with Gasteiger partial charge in [-0.1, -0.05) is 30.7 Å². The predicted octanol–water partition coefficient (Wildman–Crippen LogP) is 3.48. The topological polar surface area (TPSA) is 28.2 Å². The minimum absolute atomic E-state index is 0.743. The molecule has 3 nitrogen and oxygen atoms in total. The van der Waals surface area contributed by atoms with Crippen molar-refractivity contribution in [1.82, 2.24) is 10.3 Å². The maximum atomic E-state index is 6.38. The van der Waals surface area contributed by atoms with Gasteiger partial charge in [-0.2, -0.15) is 0 Å². The van der Waals surface area contributed by atoms with E-state index in [0.29, 0.717) is 0 Å². The predicted molar refractivity (Wildman–Crippen MR) is 85.2 cm³/mol. The minimum atomic E-state index is 0.743. The molecule has 0 radical (unpaired) electrons. The van der Waals surface area contributed by atoms with E-state index in [1.54, 1.807) is 0 Å². The molecule has 0 amide bonds. The normalized spacial score (nSPS) is 10.6. The van der Waals surface area contributed by atoms with Crippen LogP contribution >= 0.6 is 11.6 Å². The highest BCUT2D eigenvalue weighted by molar-refractivity contribution is 6.33. The van der Waals surface area contributed by atoms with Crippen LogP contribution in [-0.2, 0) is 13.1 Å². The SMILES string of the molecule is CCNCc1ccc(N(C)Cc2ccccn2)c(Cl)c1. The number of hydrogen-bond donors (Lipinski definition) is 1. The molecule has 106 valence electrons. The highest BCUT2D eigenvalue weighted by Gasteiger charge is 2.08. The van der Waals surface area contributed by atoms with Crippen LogP contribution in [-0.4, -0.2) is 18.6 Å². The maximum Gasteiger partial charge on any atom is 0.0642 e. The van der Waals surface area contributed by atoms with Gasteiger partial charge in [-0.05, 0) is 36.4 Å². The van der Waals surface area contributed by atoms with E-state index in [1.807, 2.05) is 37.5 Å². The molecule has 1 aromatic carbocycles. The Kier molecular flexibility index (Phi) is 5.39. The van der Waals surface area contributed by atoms with Crippen LogP contribution in [0, 0.1) is 0 Å². The molecule has 0 aliphatic rings. The minimum Gasteiger partial charge on any atom is -0.367 e. The summed E-state index contributed by atoms with van der Waals surface area (Å²) < 4.78 is 0. The molecule has 0 spiro atoms. The first kappa shape index (κ1) is 14.8. The zero-order chi connectivity index (χ0) is 14.4. The number of hydrogen-bond acceptors (Lipinski definition) is 3. The lowest BCUT2D eigenvalue weighted by Gasteiger charge is -2.20. The van der Waals surface area contributed by atoms with Crippen LogP contribution in [0.2, 0.25) is 5.02 Å². The van der Waals surface area contributed by atoms with Gasteiger partial charge in [0.15, 0.2) is 0 Å². The molecule has 0 atom stereocenters. The zero-order valence-electron chi connectivity index (χ0n) is 11.9. The first-order chi connectivity index (χ1) is 9.70. The van der Waals surface area contributed by atoms with Crippen LogP contribution in [0.15, 0.2) is 42.6 Å². The van der Waals surface area contributed by atoms with Gasteiger partial charge in [-0.3, -0.25) is 4.98 Å². The van der Waals surface area contributed by atoms with Crippen molar-refractivity contribution in [2.75, 3.05) is 18.5 Å². The molecule has 4 heteroatoms. The van der Waals surface area contributed by atoms with Gasteiger partial charge in [-0.25, -0.2) is 0 Å². The molecule has 1 N–H and O–H groups in total. The maximum absolute atomic E-state index is 6.38. The van der Waals surface area contributed by atoms with Gasteiger partial charge in [0.25, 0.3) is 0 Å². The molecule has 1 aromatic heterocycles. The average Bonchev–Trinajstić information content (AvgIpc) is 2.46. The quantitative estimate of drug-likeness (QED) is 0.882. The summed E-state index contributed by atoms with van der Waals surface area (Å²) in [5, 5.41) is 4.07. The molecule has 0 saturated carbocycles. The van der Waals surface area contributed by atoms with Gasteiger partial charge in [0.2, 0.25) is 0 Å². The molecule has 2 rings (SSSR count). The van der Waals surface area contributed by atoms with Crippen molar-refractivity contribution in [3.05, 3.63) is 58.9 Å². The van der Waals surface area contributed by atoms with Gasteiger partial charge >= 0.3 is 0 Å². The standard InChI is InChI=1S/C16H20ClN3/c1-3-18-11-13-7-8-16(15(17)10-13)20(2)12-14-6-4-5-9-19-14/h4-10,18H,3,11-12H2,1-2H3. The number of benzene rings is 1. The fraction of sp³-hybridized carbons (Fsp3) is 0.312. The summed E-state index contributed by atoms with van der Waals surface area (Å²) in [6, 6.07) is 12.1. The zero-order valence-corrected chi connectivity index (χ0v) is 12.7. The van der Waals surface area contributed by atoms with Gasteiger partial charge < -0.3 is 10.2 Å². The summed E-state index contributed by atoms with van der Waals surface area (Å²) in [6.07, 6.45) is 1.81. The van der Waals surface area contributed by atoms with Gasteiger partial charge in [0.05, 0.1) is 22.9 Å². The summed E-state index contributed by atoms with van der Waals surface area (Å²) >= 11 is 6.38. The summed E-state index contributed by atoms with van der Waals surface area (Å²) in [5.41, 5.74) is 3.26. The Balaban J connectivity index is 2.08. The van der Waals surface area contributed by atoms with Crippen molar-refractivity contribution in [3.63, 3.8) is 0 Å². The van der Waals surface area contributed by atoms with E-state index in [0.717, 1.165) is 36.0 Å². The number of anilines is 1. The van der Waals surface area contributed by atoms with Crippen molar-refractivity contribution in [2.24, 2.45) is 0 Å². The van der Waals surface area contributed by atoms with Crippen LogP contribution in [0.4, 0.5) is 5.69 Å². The third-order valence-electron chi connectivity index (χ3n) is 3.13. The second kappa shape index (κ2) is 7.27. The van der Waals surface area contributed by atoms with E-state index in [4.69, 9.17) is 11.6 Å². The first-order valence-electron chi connectivity index (χ1n) is 6.81. The van der Waals surface area contributed by atoms with Gasteiger partial charge in [0.1, 0.15) is 0 Å². The van der Waals surface area contributed by atoms with Crippen molar-refractivity contribution in [3.8, 4) is 0 Å². The third kappa shape index (κ3) is 3.95. The largest absolute Gasteiger partial charge is 0.367 e. The molecule has 2 aromatic rings. The molecule has 0 bridgehead atoms. The second-order valence-corrected chi connectivity index (χ2v) is 5.15. The van der Waals surface area contributed by atoms with E-state index in [1.165, 1.54) is 5.56 Å². The number of rotatable bonds is 6. The highest BCUT2D eigenvalue weighted by atomic mass is 35.5. The Bertz CT molecular complexity index is 543. The van der Waals surface area contributed by atoms with Crippen LogP contribution in [0.25, 0.3) is 0 Å².